The van der Waals surface area contributed by atoms with E-state index in [1.54, 1.807) is 12.1 Å². The van der Waals surface area contributed by atoms with E-state index in [2.05, 4.69) is 17.5 Å². The molecule has 0 atom stereocenters. The van der Waals surface area contributed by atoms with Crippen LogP contribution in [0.5, 0.6) is 0 Å². The lowest BCUT2D eigenvalue weighted by Gasteiger charge is -2.13. The Kier molecular flexibility index (Phi) is 5.40. The second-order valence-corrected chi connectivity index (χ2v) is 6.86. The van der Waals surface area contributed by atoms with Crippen LogP contribution in [0.2, 0.25) is 0 Å². The third-order valence-corrected chi connectivity index (χ3v) is 4.98. The molecule has 1 aliphatic rings. The minimum atomic E-state index is -0.195. The summed E-state index contributed by atoms with van der Waals surface area (Å²) in [7, 11) is 0. The van der Waals surface area contributed by atoms with Gasteiger partial charge in [0.2, 0.25) is 5.95 Å². The number of aromatic nitrogens is 2. The molecule has 2 aromatic carbocycles. The normalized spacial score (nSPS) is 13.2. The Morgan fingerprint density at radius 3 is 2.57 bits per heavy atom. The predicted molar refractivity (Wildman–Crippen MR) is 114 cm³/mol. The first kappa shape index (κ1) is 18.3. The maximum Gasteiger partial charge on any atom is 0.257 e. The Bertz CT molecular complexity index is 1030. The van der Waals surface area contributed by atoms with Crippen molar-refractivity contribution in [3.05, 3.63) is 90.1 Å². The maximum atomic E-state index is 12.8. The third kappa shape index (κ3) is 3.92. The summed E-state index contributed by atoms with van der Waals surface area (Å²) in [6, 6.07) is 17.2. The number of anilines is 1. The van der Waals surface area contributed by atoms with Crippen molar-refractivity contribution in [1.82, 2.24) is 9.55 Å². The highest BCUT2D eigenvalue weighted by Gasteiger charge is 2.16. The van der Waals surface area contributed by atoms with Crippen LogP contribution in [0.25, 0.3) is 17.0 Å². The second kappa shape index (κ2) is 8.28. The number of carbonyl (C=O) groups is 1. The maximum absolute atomic E-state index is 12.8. The van der Waals surface area contributed by atoms with Crippen molar-refractivity contribution in [1.29, 1.82) is 0 Å². The number of hydrogen-bond donors (Lipinski definition) is 1. The van der Waals surface area contributed by atoms with Gasteiger partial charge in [0.25, 0.3) is 5.91 Å². The highest BCUT2D eigenvalue weighted by molar-refractivity contribution is 6.17. The topological polar surface area (TPSA) is 46.9 Å². The SMILES string of the molecule is O=C(Nc1nc(-c2ccccc2)cn1C1=CC=CCC1)c1ccc(CCl)cc1. The van der Waals surface area contributed by atoms with Crippen molar-refractivity contribution < 1.29 is 4.79 Å². The van der Waals surface area contributed by atoms with Gasteiger partial charge in [0.15, 0.2) is 0 Å². The van der Waals surface area contributed by atoms with E-state index < -0.39 is 0 Å². The van der Waals surface area contributed by atoms with E-state index in [0.717, 1.165) is 35.4 Å². The molecular formula is C23H20ClN3O. The second-order valence-electron chi connectivity index (χ2n) is 6.60. The fourth-order valence-electron chi connectivity index (χ4n) is 3.14. The van der Waals surface area contributed by atoms with Crippen LogP contribution in [0.1, 0.15) is 28.8 Å². The summed E-state index contributed by atoms with van der Waals surface area (Å²) in [6.45, 7) is 0. The highest BCUT2D eigenvalue weighted by Crippen LogP contribution is 2.27. The molecule has 0 unspecified atom stereocenters. The van der Waals surface area contributed by atoms with Gasteiger partial charge in [0, 0.05) is 28.9 Å². The van der Waals surface area contributed by atoms with Gasteiger partial charge in [-0.25, -0.2) is 4.98 Å². The quantitative estimate of drug-likeness (QED) is 0.566. The van der Waals surface area contributed by atoms with Crippen LogP contribution in [-0.2, 0) is 5.88 Å². The number of amides is 1. The van der Waals surface area contributed by atoms with Crippen LogP contribution in [-0.4, -0.2) is 15.5 Å². The molecule has 0 bridgehead atoms. The molecule has 0 radical (unpaired) electrons. The zero-order chi connectivity index (χ0) is 19.3. The van der Waals surface area contributed by atoms with Gasteiger partial charge < -0.3 is 0 Å². The molecule has 3 aromatic rings. The van der Waals surface area contributed by atoms with Gasteiger partial charge in [-0.2, -0.15) is 0 Å². The molecule has 28 heavy (non-hydrogen) atoms. The van der Waals surface area contributed by atoms with E-state index >= 15 is 0 Å². The Hall–Kier alpha value is -3.11. The Morgan fingerprint density at radius 2 is 1.89 bits per heavy atom. The molecule has 140 valence electrons. The van der Waals surface area contributed by atoms with E-state index in [9.17, 15) is 4.79 Å². The van der Waals surface area contributed by atoms with Crippen molar-refractivity contribution >= 4 is 29.2 Å². The molecule has 0 aliphatic heterocycles. The molecule has 4 nitrogen and oxygen atoms in total. The number of alkyl halides is 1. The molecule has 1 N–H and O–H groups in total. The van der Waals surface area contributed by atoms with Crippen LogP contribution >= 0.6 is 11.6 Å². The zero-order valence-electron chi connectivity index (χ0n) is 15.3. The third-order valence-electron chi connectivity index (χ3n) is 4.67. The molecule has 4 rings (SSSR count). The summed E-state index contributed by atoms with van der Waals surface area (Å²) in [5, 5.41) is 2.97. The smallest absolute Gasteiger partial charge is 0.257 e. The Balaban J connectivity index is 1.67. The molecule has 1 aliphatic carbocycles. The zero-order valence-corrected chi connectivity index (χ0v) is 16.1. The van der Waals surface area contributed by atoms with E-state index in [1.165, 1.54) is 0 Å². The fraction of sp³-hybridized carbons (Fsp3) is 0.130. The molecule has 0 saturated heterocycles. The van der Waals surface area contributed by atoms with Crippen LogP contribution in [0.3, 0.4) is 0 Å². The van der Waals surface area contributed by atoms with Crippen molar-refractivity contribution in [3.8, 4) is 11.3 Å². The largest absolute Gasteiger partial charge is 0.292 e. The van der Waals surface area contributed by atoms with E-state index in [1.807, 2.05) is 59.3 Å². The van der Waals surface area contributed by atoms with Crippen molar-refractivity contribution in [2.24, 2.45) is 0 Å². The molecule has 1 aromatic heterocycles. The average Bonchev–Trinajstić information content (AvgIpc) is 3.19. The lowest BCUT2D eigenvalue weighted by molar-refractivity contribution is 0.102. The van der Waals surface area contributed by atoms with Crippen LogP contribution in [0.15, 0.2) is 79.0 Å². The molecule has 5 heteroatoms. The van der Waals surface area contributed by atoms with Gasteiger partial charge in [-0.15, -0.1) is 11.6 Å². The standard InChI is InChI=1S/C23H20ClN3O/c24-15-17-11-13-19(14-12-17)22(28)26-23-25-21(18-7-3-1-4-8-18)16-27(23)20-9-5-2-6-10-20/h1-5,7-9,11-14,16H,6,10,15H2,(H,25,26,28). The first-order chi connectivity index (χ1) is 13.7. The Labute approximate surface area is 169 Å². The number of nitrogens with zero attached hydrogens (tertiary/aromatic N) is 2. The van der Waals surface area contributed by atoms with Gasteiger partial charge in [-0.1, -0.05) is 54.6 Å². The molecular weight excluding hydrogens is 370 g/mol. The molecule has 0 spiro atoms. The van der Waals surface area contributed by atoms with Gasteiger partial charge in [-0.3, -0.25) is 14.7 Å². The lowest BCUT2D eigenvalue weighted by Crippen LogP contribution is -2.16. The van der Waals surface area contributed by atoms with E-state index in [0.29, 0.717) is 17.4 Å². The molecule has 1 heterocycles. The van der Waals surface area contributed by atoms with E-state index in [4.69, 9.17) is 16.6 Å². The summed E-state index contributed by atoms with van der Waals surface area (Å²) < 4.78 is 1.97. The molecule has 0 saturated carbocycles. The Morgan fingerprint density at radius 1 is 1.11 bits per heavy atom. The monoisotopic (exact) mass is 389 g/mol. The summed E-state index contributed by atoms with van der Waals surface area (Å²) in [4.78, 5) is 17.5. The number of imidazole rings is 1. The average molecular weight is 390 g/mol. The molecule has 0 fully saturated rings. The first-order valence-corrected chi connectivity index (χ1v) is 9.75. The van der Waals surface area contributed by atoms with Crippen LogP contribution in [0.4, 0.5) is 5.95 Å². The first-order valence-electron chi connectivity index (χ1n) is 9.22. The number of rotatable bonds is 5. The van der Waals surface area contributed by atoms with Crippen molar-refractivity contribution in [2.45, 2.75) is 18.7 Å². The minimum absolute atomic E-state index is 0.195. The van der Waals surface area contributed by atoms with Gasteiger partial charge >= 0.3 is 0 Å². The van der Waals surface area contributed by atoms with Gasteiger partial charge in [0.05, 0.1) is 5.69 Å². The summed E-state index contributed by atoms with van der Waals surface area (Å²) in [5.74, 6) is 0.750. The fourth-order valence-corrected chi connectivity index (χ4v) is 3.32. The van der Waals surface area contributed by atoms with Crippen molar-refractivity contribution in [2.75, 3.05) is 5.32 Å². The number of nitrogens with one attached hydrogen (secondary N) is 1. The summed E-state index contributed by atoms with van der Waals surface area (Å²) >= 11 is 5.83. The van der Waals surface area contributed by atoms with E-state index in [-0.39, 0.29) is 5.91 Å². The van der Waals surface area contributed by atoms with Crippen molar-refractivity contribution in [3.63, 3.8) is 0 Å². The molecule has 1 amide bonds. The highest BCUT2D eigenvalue weighted by atomic mass is 35.5. The minimum Gasteiger partial charge on any atom is -0.292 e. The lowest BCUT2D eigenvalue weighted by atomic mass is 10.1. The summed E-state index contributed by atoms with van der Waals surface area (Å²) in [5.41, 5.74) is 4.48. The number of allylic oxidation sites excluding steroid dienone is 4. The number of hydrogen-bond acceptors (Lipinski definition) is 2. The number of halogens is 1. The predicted octanol–water partition coefficient (Wildman–Crippen LogP) is 5.73. The number of carbonyl (C=O) groups excluding carboxylic acids is 1. The summed E-state index contributed by atoms with van der Waals surface area (Å²) in [6.07, 6.45) is 10.1. The number of benzene rings is 2. The van der Waals surface area contributed by atoms with Gasteiger partial charge in [-0.05, 0) is 36.6 Å². The van der Waals surface area contributed by atoms with Crippen LogP contribution in [0, 0.1) is 0 Å². The van der Waals surface area contributed by atoms with Crippen LogP contribution < -0.4 is 5.32 Å². The van der Waals surface area contributed by atoms with Gasteiger partial charge in [0.1, 0.15) is 0 Å².